The number of aliphatic hydroxyl groups is 1. The lowest BCUT2D eigenvalue weighted by Crippen LogP contribution is -2.48. The number of nitrogens with zero attached hydrogens (tertiary/aromatic N) is 2. The third kappa shape index (κ3) is 3.31. The Kier molecular flexibility index (Phi) is 5.40. The van der Waals surface area contributed by atoms with Crippen LogP contribution in [-0.2, 0) is 4.79 Å². The van der Waals surface area contributed by atoms with Crippen LogP contribution in [0.5, 0.6) is 23.0 Å². The molecule has 1 aliphatic rings. The van der Waals surface area contributed by atoms with E-state index in [0.717, 1.165) is 40.9 Å². The molecule has 1 aliphatic carbocycles. The van der Waals surface area contributed by atoms with E-state index >= 15 is 0 Å². The molecule has 1 fully saturated rings. The Labute approximate surface area is 263 Å². The molecule has 2 unspecified atom stereocenters. The van der Waals surface area contributed by atoms with Crippen LogP contribution in [0.4, 0.5) is 0 Å². The van der Waals surface area contributed by atoms with Gasteiger partial charge in [-0.1, -0.05) is 0 Å². The summed E-state index contributed by atoms with van der Waals surface area (Å²) in [6.45, 7) is 0. The summed E-state index contributed by atoms with van der Waals surface area (Å²) < 4.78 is 8.30. The Bertz CT molecular complexity index is 2160. The van der Waals surface area contributed by atoms with Crippen LogP contribution in [0.2, 0.25) is 0 Å². The van der Waals surface area contributed by atoms with Gasteiger partial charge in [-0.25, -0.2) is 0 Å². The van der Waals surface area contributed by atoms with Gasteiger partial charge in [0.1, 0.15) is 23.0 Å². The number of aromatic nitrogens is 2. The predicted molar refractivity (Wildman–Crippen MR) is 176 cm³/mol. The van der Waals surface area contributed by atoms with Gasteiger partial charge >= 0.3 is 0 Å². The van der Waals surface area contributed by atoms with E-state index in [1.165, 1.54) is 24.3 Å². The van der Waals surface area contributed by atoms with Gasteiger partial charge in [0.25, 0.3) is 0 Å². The summed E-state index contributed by atoms with van der Waals surface area (Å²) in [5.41, 5.74) is 4.64. The van der Waals surface area contributed by atoms with Crippen molar-refractivity contribution in [3.63, 3.8) is 0 Å². The normalized spacial score (nSPS) is 18.8. The maximum absolute atomic E-state index is 13.6. The van der Waals surface area contributed by atoms with Crippen LogP contribution in [0.15, 0.2) is 70.1 Å². The van der Waals surface area contributed by atoms with Gasteiger partial charge in [0.2, 0.25) is 0 Å². The van der Waals surface area contributed by atoms with Gasteiger partial charge in [0, 0.05) is 35.4 Å². The monoisotopic (exact) mass is 656 g/mol. The Morgan fingerprint density at radius 1 is 0.523 bits per heavy atom. The van der Waals surface area contributed by atoms with E-state index in [1.54, 1.807) is 45.3 Å². The molecule has 2 atom stereocenters. The van der Waals surface area contributed by atoms with Gasteiger partial charge in [-0.3, -0.25) is 4.79 Å². The van der Waals surface area contributed by atoms with Crippen molar-refractivity contribution in [2.45, 2.75) is 17.9 Å². The van der Waals surface area contributed by atoms with Crippen molar-refractivity contribution in [3.05, 3.63) is 81.2 Å². The largest absolute Gasteiger partial charge is 0.507 e. The van der Waals surface area contributed by atoms with Crippen molar-refractivity contribution in [1.82, 2.24) is 9.13 Å². The second kappa shape index (κ2) is 9.10. The number of phenols is 4. The van der Waals surface area contributed by atoms with Crippen molar-refractivity contribution in [2.24, 2.45) is 0 Å². The van der Waals surface area contributed by atoms with Crippen LogP contribution in [-0.4, -0.2) is 46.6 Å². The van der Waals surface area contributed by atoms with Gasteiger partial charge in [-0.15, -0.1) is 45.3 Å². The molecule has 0 bridgehead atoms. The standard InChI is InChI=1S/C32H20N2O6S4/c35-19-9-13(33-15-1-5-41-29(15)30-16(33)2-6-42-30)10-20(36)23(19)25-27(39)26(28(25)40)24-21(37)11-14(12-22(24)38)34-17-3-7-43-31(17)32-18(34)4-8-44-32/h1-12,25-27,35-39H. The summed E-state index contributed by atoms with van der Waals surface area (Å²) in [5.74, 6) is -4.31. The van der Waals surface area contributed by atoms with E-state index in [2.05, 4.69) is 0 Å². The number of ketones is 1. The Hall–Kier alpha value is -4.33. The molecule has 8 aromatic rings. The lowest BCUT2D eigenvalue weighted by Gasteiger charge is -2.40. The molecule has 5 N–H and O–H groups in total. The zero-order valence-electron chi connectivity index (χ0n) is 22.3. The first-order valence-electron chi connectivity index (χ1n) is 13.6. The Morgan fingerprint density at radius 3 is 1.09 bits per heavy atom. The number of hydrogen-bond donors (Lipinski definition) is 5. The van der Waals surface area contributed by atoms with Crippen molar-refractivity contribution in [1.29, 1.82) is 0 Å². The number of fused-ring (bicyclic) bond motifs is 6. The first-order chi connectivity index (χ1) is 21.3. The highest BCUT2D eigenvalue weighted by Crippen LogP contribution is 2.54. The van der Waals surface area contributed by atoms with E-state index in [0.29, 0.717) is 11.4 Å². The van der Waals surface area contributed by atoms with Crippen molar-refractivity contribution >= 4 is 92.0 Å². The van der Waals surface area contributed by atoms with E-state index in [4.69, 9.17) is 0 Å². The topological polar surface area (TPSA) is 128 Å². The number of aromatic hydroxyl groups is 4. The third-order valence-electron chi connectivity index (χ3n) is 8.63. The first kappa shape index (κ1) is 26.1. The molecule has 0 spiro atoms. The fourth-order valence-electron chi connectivity index (χ4n) is 6.75. The number of Topliss-reactive ketones (excluding diaryl/α,β-unsaturated/α-hetero) is 1. The fourth-order valence-corrected chi connectivity index (χ4v) is 10.6. The lowest BCUT2D eigenvalue weighted by molar-refractivity contribution is -0.138. The molecule has 44 heavy (non-hydrogen) atoms. The van der Waals surface area contributed by atoms with Gasteiger partial charge in [0.05, 0.1) is 70.2 Å². The minimum atomic E-state index is -1.40. The average Bonchev–Trinajstić information content (AvgIpc) is 3.80. The molecule has 0 amide bonds. The van der Waals surface area contributed by atoms with E-state index in [9.17, 15) is 30.3 Å². The van der Waals surface area contributed by atoms with Crippen LogP contribution < -0.4 is 0 Å². The number of carbonyl (C=O) groups is 1. The van der Waals surface area contributed by atoms with Crippen molar-refractivity contribution < 1.29 is 30.3 Å². The SMILES string of the molecule is O=C1C(c2c(O)cc(-n3c4ccsc4c4sccc43)cc2O)C(O)C1c1c(O)cc(-n2c3ccsc3c3sccc32)cc1O. The van der Waals surface area contributed by atoms with Crippen molar-refractivity contribution in [3.8, 4) is 34.4 Å². The third-order valence-corrected chi connectivity index (χ3v) is 12.6. The molecule has 9 rings (SSSR count). The Balaban J connectivity index is 1.08. The molecule has 0 radical (unpaired) electrons. The molecule has 6 heterocycles. The zero-order chi connectivity index (χ0) is 30.0. The smallest absolute Gasteiger partial charge is 0.153 e. The average molecular weight is 657 g/mol. The van der Waals surface area contributed by atoms with Crippen LogP contribution in [0.1, 0.15) is 23.0 Å². The van der Waals surface area contributed by atoms with Gasteiger partial charge < -0.3 is 34.7 Å². The Morgan fingerprint density at radius 2 is 0.818 bits per heavy atom. The number of aliphatic hydroxyl groups excluding tert-OH is 1. The highest BCUT2D eigenvalue weighted by molar-refractivity contribution is 7.26. The second-order valence-electron chi connectivity index (χ2n) is 10.9. The summed E-state index contributed by atoms with van der Waals surface area (Å²) in [5, 5.41) is 63.6. The molecule has 1 saturated carbocycles. The fraction of sp³-hybridized carbons (Fsp3) is 0.0938. The minimum absolute atomic E-state index is 0.0829. The molecule has 2 aromatic carbocycles. The van der Waals surface area contributed by atoms with Gasteiger partial charge in [-0.2, -0.15) is 0 Å². The summed E-state index contributed by atoms with van der Waals surface area (Å²) >= 11 is 6.46. The molecule has 12 heteroatoms. The molecule has 6 aromatic heterocycles. The summed E-state index contributed by atoms with van der Waals surface area (Å²) in [6, 6.07) is 13.8. The second-order valence-corrected chi connectivity index (χ2v) is 14.5. The number of rotatable bonds is 4. The lowest BCUT2D eigenvalue weighted by atomic mass is 9.64. The zero-order valence-corrected chi connectivity index (χ0v) is 25.6. The number of carbonyl (C=O) groups excluding carboxylic acids is 1. The van der Waals surface area contributed by atoms with E-state index in [-0.39, 0.29) is 34.1 Å². The summed E-state index contributed by atoms with van der Waals surface area (Å²) in [6.07, 6.45) is -1.40. The highest BCUT2D eigenvalue weighted by atomic mass is 32.1. The van der Waals surface area contributed by atoms with Crippen molar-refractivity contribution in [2.75, 3.05) is 0 Å². The molecule has 8 nitrogen and oxygen atoms in total. The van der Waals surface area contributed by atoms with Crippen LogP contribution in [0.3, 0.4) is 0 Å². The molecule has 0 aliphatic heterocycles. The van der Waals surface area contributed by atoms with Gasteiger partial charge in [0.15, 0.2) is 5.78 Å². The predicted octanol–water partition coefficient (Wildman–Crippen LogP) is 7.76. The van der Waals surface area contributed by atoms with Gasteiger partial charge in [-0.05, 0) is 45.8 Å². The maximum atomic E-state index is 13.6. The van der Waals surface area contributed by atoms with Crippen LogP contribution >= 0.6 is 45.3 Å². The molecular weight excluding hydrogens is 637 g/mol. The number of thiophene rings is 4. The number of phenolic OH excluding ortho intramolecular Hbond substituents is 4. The first-order valence-corrected chi connectivity index (χ1v) is 17.1. The summed E-state index contributed by atoms with van der Waals surface area (Å²) in [4.78, 5) is 13.6. The van der Waals surface area contributed by atoms with Crippen LogP contribution in [0, 0.1) is 0 Å². The minimum Gasteiger partial charge on any atom is -0.507 e. The maximum Gasteiger partial charge on any atom is 0.153 e. The molecular formula is C32H20N2O6S4. The quantitative estimate of drug-likeness (QED) is 0.132. The van der Waals surface area contributed by atoms with E-state index in [1.807, 2.05) is 54.9 Å². The highest BCUT2D eigenvalue weighted by Gasteiger charge is 2.54. The molecule has 218 valence electrons. The molecule has 0 saturated heterocycles. The number of benzene rings is 2. The number of hydrogen-bond acceptors (Lipinski definition) is 10. The van der Waals surface area contributed by atoms with E-state index < -0.39 is 23.7 Å². The van der Waals surface area contributed by atoms with Crippen LogP contribution in [0.25, 0.3) is 52.2 Å². The summed E-state index contributed by atoms with van der Waals surface area (Å²) in [7, 11) is 0.